The largest absolute Gasteiger partial charge is 0.366 e. The number of primary amides is 1. The number of hydrogen-bond donors (Lipinski definition) is 3. The van der Waals surface area contributed by atoms with Gasteiger partial charge in [-0.2, -0.15) is 4.98 Å². The smallest absolute Gasteiger partial charge is 0.248 e. The van der Waals surface area contributed by atoms with Gasteiger partial charge in [-0.15, -0.1) is 0 Å². The van der Waals surface area contributed by atoms with Gasteiger partial charge in [-0.3, -0.25) is 4.79 Å². The molecule has 120 valence electrons. The molecule has 3 rings (SSSR count). The molecule has 0 saturated carbocycles. The number of rotatable bonds is 5. The molecule has 0 aliphatic heterocycles. The number of nitrogens with one attached hydrogen (secondary N) is 2. The van der Waals surface area contributed by atoms with Crippen LogP contribution in [-0.4, -0.2) is 15.9 Å². The van der Waals surface area contributed by atoms with Crippen LogP contribution < -0.4 is 16.4 Å². The number of nitrogens with two attached hydrogens (primary N) is 1. The van der Waals surface area contributed by atoms with Crippen LogP contribution in [0.2, 0.25) is 0 Å². The highest BCUT2D eigenvalue weighted by atomic mass is 16.1. The van der Waals surface area contributed by atoms with E-state index in [1.165, 1.54) is 0 Å². The maximum Gasteiger partial charge on any atom is 0.248 e. The van der Waals surface area contributed by atoms with Crippen molar-refractivity contribution in [2.75, 3.05) is 10.6 Å². The van der Waals surface area contributed by atoms with Crippen molar-refractivity contribution >= 4 is 29.0 Å². The standard InChI is InChI=1S/C18H17N5O/c1-12-5-2-3-8-15(12)22-16-9-10-20-18(23-16)21-14-7-4-6-13(11-14)17(19)24/h2-11H,1H3,(H2,19,24)(H2,20,21,22,23). The maximum absolute atomic E-state index is 11.2. The number of hydrogen-bond acceptors (Lipinski definition) is 5. The van der Waals surface area contributed by atoms with Crippen molar-refractivity contribution in [2.24, 2.45) is 5.73 Å². The zero-order valence-corrected chi connectivity index (χ0v) is 13.2. The predicted octanol–water partition coefficient (Wildman–Crippen LogP) is 3.37. The first-order valence-electron chi connectivity index (χ1n) is 7.44. The number of amides is 1. The number of aromatic nitrogens is 2. The van der Waals surface area contributed by atoms with E-state index in [2.05, 4.69) is 20.6 Å². The molecule has 4 N–H and O–H groups in total. The average Bonchev–Trinajstić information content (AvgIpc) is 2.57. The van der Waals surface area contributed by atoms with E-state index in [-0.39, 0.29) is 0 Å². The van der Waals surface area contributed by atoms with Crippen LogP contribution in [0.1, 0.15) is 15.9 Å². The normalized spacial score (nSPS) is 10.2. The molecule has 2 aromatic carbocycles. The highest BCUT2D eigenvalue weighted by Crippen LogP contribution is 2.20. The second kappa shape index (κ2) is 6.78. The number of anilines is 4. The van der Waals surface area contributed by atoms with Crippen LogP contribution in [0.25, 0.3) is 0 Å². The van der Waals surface area contributed by atoms with Crippen LogP contribution in [0.4, 0.5) is 23.1 Å². The second-order valence-corrected chi connectivity index (χ2v) is 5.28. The summed E-state index contributed by atoms with van der Waals surface area (Å²) in [5, 5.41) is 6.33. The van der Waals surface area contributed by atoms with Crippen LogP contribution >= 0.6 is 0 Å². The Morgan fingerprint density at radius 1 is 1.04 bits per heavy atom. The molecule has 0 fully saturated rings. The van der Waals surface area contributed by atoms with Crippen LogP contribution in [-0.2, 0) is 0 Å². The Kier molecular flexibility index (Phi) is 4.38. The molecule has 0 bridgehead atoms. The monoisotopic (exact) mass is 319 g/mol. The van der Waals surface area contributed by atoms with Gasteiger partial charge in [0.25, 0.3) is 0 Å². The molecule has 0 aliphatic rings. The molecule has 6 nitrogen and oxygen atoms in total. The van der Waals surface area contributed by atoms with Gasteiger partial charge in [0, 0.05) is 23.1 Å². The van der Waals surface area contributed by atoms with E-state index in [9.17, 15) is 4.79 Å². The van der Waals surface area contributed by atoms with Gasteiger partial charge in [-0.25, -0.2) is 4.98 Å². The Labute approximate surface area is 139 Å². The van der Waals surface area contributed by atoms with E-state index in [1.807, 2.05) is 37.3 Å². The molecule has 0 atom stereocenters. The first kappa shape index (κ1) is 15.5. The summed E-state index contributed by atoms with van der Waals surface area (Å²) in [5.74, 6) is 0.623. The minimum absolute atomic E-state index is 0.425. The molecule has 24 heavy (non-hydrogen) atoms. The van der Waals surface area contributed by atoms with Gasteiger partial charge in [0.05, 0.1) is 0 Å². The first-order chi connectivity index (χ1) is 11.6. The third kappa shape index (κ3) is 3.67. The van der Waals surface area contributed by atoms with Crippen LogP contribution in [0.5, 0.6) is 0 Å². The zero-order chi connectivity index (χ0) is 16.9. The fourth-order valence-electron chi connectivity index (χ4n) is 2.22. The molecule has 1 heterocycles. The molecule has 0 spiro atoms. The summed E-state index contributed by atoms with van der Waals surface area (Å²) < 4.78 is 0. The fraction of sp³-hybridized carbons (Fsp3) is 0.0556. The lowest BCUT2D eigenvalue weighted by Crippen LogP contribution is -2.11. The van der Waals surface area contributed by atoms with Gasteiger partial charge in [0.1, 0.15) is 5.82 Å². The minimum atomic E-state index is -0.477. The average molecular weight is 319 g/mol. The number of carbonyl (C=O) groups is 1. The summed E-state index contributed by atoms with van der Waals surface area (Å²) in [4.78, 5) is 19.9. The highest BCUT2D eigenvalue weighted by Gasteiger charge is 2.05. The van der Waals surface area contributed by atoms with Gasteiger partial charge in [0.15, 0.2) is 0 Å². The van der Waals surface area contributed by atoms with Crippen molar-refractivity contribution in [3.05, 3.63) is 71.9 Å². The predicted molar refractivity (Wildman–Crippen MR) is 94.7 cm³/mol. The summed E-state index contributed by atoms with van der Waals surface area (Å²) in [5.41, 5.74) is 8.52. The Bertz CT molecular complexity index is 879. The Morgan fingerprint density at radius 2 is 1.88 bits per heavy atom. The van der Waals surface area contributed by atoms with Crippen LogP contribution in [0, 0.1) is 6.92 Å². The fourth-order valence-corrected chi connectivity index (χ4v) is 2.22. The molecule has 0 aliphatic carbocycles. The van der Waals surface area contributed by atoms with Gasteiger partial charge in [-0.1, -0.05) is 24.3 Å². The lowest BCUT2D eigenvalue weighted by molar-refractivity contribution is 0.100. The van der Waals surface area contributed by atoms with Gasteiger partial charge >= 0.3 is 0 Å². The van der Waals surface area contributed by atoms with Gasteiger partial charge in [0.2, 0.25) is 11.9 Å². The number of para-hydroxylation sites is 1. The number of benzene rings is 2. The van der Waals surface area contributed by atoms with E-state index in [1.54, 1.807) is 30.5 Å². The van der Waals surface area contributed by atoms with Gasteiger partial charge in [-0.05, 0) is 42.8 Å². The number of nitrogens with zero attached hydrogens (tertiary/aromatic N) is 2. The molecular weight excluding hydrogens is 302 g/mol. The SMILES string of the molecule is Cc1ccccc1Nc1ccnc(Nc2cccc(C(N)=O)c2)n1. The lowest BCUT2D eigenvalue weighted by atomic mass is 10.2. The molecular formula is C18H17N5O. The zero-order valence-electron chi connectivity index (χ0n) is 13.2. The summed E-state index contributed by atoms with van der Waals surface area (Å²) >= 11 is 0. The lowest BCUT2D eigenvalue weighted by Gasteiger charge is -2.10. The van der Waals surface area contributed by atoms with Crippen molar-refractivity contribution in [1.29, 1.82) is 0 Å². The molecule has 0 saturated heterocycles. The van der Waals surface area contributed by atoms with E-state index < -0.39 is 5.91 Å². The summed E-state index contributed by atoms with van der Waals surface area (Å²) in [7, 11) is 0. The third-order valence-electron chi connectivity index (χ3n) is 3.47. The minimum Gasteiger partial charge on any atom is -0.366 e. The van der Waals surface area contributed by atoms with E-state index in [4.69, 9.17) is 5.73 Å². The van der Waals surface area contributed by atoms with E-state index in [0.29, 0.717) is 23.0 Å². The quantitative estimate of drug-likeness (QED) is 0.670. The Morgan fingerprint density at radius 3 is 2.67 bits per heavy atom. The molecule has 0 radical (unpaired) electrons. The molecule has 6 heteroatoms. The van der Waals surface area contributed by atoms with Gasteiger partial charge < -0.3 is 16.4 Å². The number of aryl methyl sites for hydroxylation is 1. The molecule has 3 aromatic rings. The van der Waals surface area contributed by atoms with Crippen molar-refractivity contribution in [3.63, 3.8) is 0 Å². The van der Waals surface area contributed by atoms with Crippen LogP contribution in [0.15, 0.2) is 60.8 Å². The van der Waals surface area contributed by atoms with Crippen molar-refractivity contribution in [2.45, 2.75) is 6.92 Å². The van der Waals surface area contributed by atoms with Crippen molar-refractivity contribution < 1.29 is 4.79 Å². The third-order valence-corrected chi connectivity index (χ3v) is 3.47. The van der Waals surface area contributed by atoms with E-state index >= 15 is 0 Å². The maximum atomic E-state index is 11.2. The van der Waals surface area contributed by atoms with Crippen LogP contribution in [0.3, 0.4) is 0 Å². The molecule has 1 aromatic heterocycles. The Hall–Kier alpha value is -3.41. The molecule has 0 unspecified atom stereocenters. The van der Waals surface area contributed by atoms with Crippen molar-refractivity contribution in [3.8, 4) is 0 Å². The summed E-state index contributed by atoms with van der Waals surface area (Å²) in [6.07, 6.45) is 1.66. The van der Waals surface area contributed by atoms with Crippen molar-refractivity contribution in [1.82, 2.24) is 9.97 Å². The summed E-state index contributed by atoms with van der Waals surface area (Å²) in [6, 6.07) is 16.6. The van der Waals surface area contributed by atoms with E-state index in [0.717, 1.165) is 11.3 Å². The Balaban J connectivity index is 1.79. The first-order valence-corrected chi connectivity index (χ1v) is 7.44. The number of carbonyl (C=O) groups excluding carboxylic acids is 1. The topological polar surface area (TPSA) is 92.9 Å². The summed E-state index contributed by atoms with van der Waals surface area (Å²) in [6.45, 7) is 2.03. The second-order valence-electron chi connectivity index (χ2n) is 5.28. The highest BCUT2D eigenvalue weighted by molar-refractivity contribution is 5.93. The molecule has 1 amide bonds.